The van der Waals surface area contributed by atoms with Crippen molar-refractivity contribution in [3.8, 4) is 0 Å². The molecule has 0 unspecified atom stereocenters. The van der Waals surface area contributed by atoms with E-state index in [1.54, 1.807) is 5.11 Å². The summed E-state index contributed by atoms with van der Waals surface area (Å²) in [7, 11) is -0.108. The summed E-state index contributed by atoms with van der Waals surface area (Å²) < 4.78 is 20.6. The Morgan fingerprint density at radius 3 is 1.80 bits per heavy atom. The summed E-state index contributed by atoms with van der Waals surface area (Å²) in [4.78, 5) is 0. The van der Waals surface area contributed by atoms with Gasteiger partial charge < -0.3 is 9.05 Å². The zero-order chi connectivity index (χ0) is 8.20. The van der Waals surface area contributed by atoms with Gasteiger partial charge in [0.15, 0.2) is 0 Å². The van der Waals surface area contributed by atoms with Crippen LogP contribution in [0.4, 0.5) is 0 Å². The zero-order valence-corrected chi connectivity index (χ0v) is 8.37. The molecule has 0 aliphatic rings. The van der Waals surface area contributed by atoms with Gasteiger partial charge in [-0.1, -0.05) is 0 Å². The van der Waals surface area contributed by atoms with E-state index < -0.39 is 7.60 Å². The monoisotopic (exact) mass is 184 g/mol. The smallest absolute Gasteiger partial charge is 0.309 e. The third-order valence-electron chi connectivity index (χ3n) is 0.849. The van der Waals surface area contributed by atoms with Crippen LogP contribution in [0.2, 0.25) is 0 Å². The van der Waals surface area contributed by atoms with E-state index in [-0.39, 0.29) is 10.5 Å². The fraction of sp³-hybridized carbons (Fsp3) is 0.800. The Balaban J connectivity index is 4.37. The molecule has 0 spiro atoms. The summed E-state index contributed by atoms with van der Waals surface area (Å²) in [5, 5.41) is 1.60. The highest BCUT2D eigenvalue weighted by Crippen LogP contribution is 2.45. The van der Waals surface area contributed by atoms with Gasteiger partial charge in [-0.2, -0.15) is 10.5 Å². The highest BCUT2D eigenvalue weighted by molar-refractivity contribution is 8.20. The van der Waals surface area contributed by atoms with Gasteiger partial charge in [-0.05, 0) is 12.5 Å². The van der Waals surface area contributed by atoms with E-state index in [4.69, 9.17) is 0 Å². The molecule has 0 heterocycles. The van der Waals surface area contributed by atoms with Crippen molar-refractivity contribution in [2.24, 2.45) is 0 Å². The molecule has 0 atom stereocenters. The molecule has 0 saturated heterocycles. The lowest BCUT2D eigenvalue weighted by Gasteiger charge is -2.08. The van der Waals surface area contributed by atoms with Gasteiger partial charge in [-0.15, -0.1) is 0 Å². The maximum Gasteiger partial charge on any atom is 0.359 e. The van der Waals surface area contributed by atoms with Crippen molar-refractivity contribution in [1.82, 2.24) is 0 Å². The normalized spacial score (nSPS) is 12.1. The van der Waals surface area contributed by atoms with E-state index in [9.17, 15) is 4.57 Å². The van der Waals surface area contributed by atoms with Crippen LogP contribution in [0.3, 0.4) is 0 Å². The van der Waals surface area contributed by atoms with Crippen molar-refractivity contribution in [1.29, 1.82) is 0 Å². The molecule has 0 fully saturated rings. The molecule has 0 aromatic carbocycles. The Labute approximate surface area is 64.2 Å². The third kappa shape index (κ3) is 3.52. The maximum absolute atomic E-state index is 11.3. The summed E-state index contributed by atoms with van der Waals surface area (Å²) in [5.74, 6) is 0. The van der Waals surface area contributed by atoms with Crippen LogP contribution in [0, 0.1) is 0 Å². The number of hydrogen-bond donors (Lipinski definition) is 0. The summed E-state index contributed by atoms with van der Waals surface area (Å²) in [6.07, 6.45) is 3.90. The number of hydrogen-bond acceptors (Lipinski definition) is 3. The minimum atomic E-state index is -2.85. The molecule has 0 bridgehead atoms. The van der Waals surface area contributed by atoms with Crippen LogP contribution in [0.15, 0.2) is 0 Å². The Morgan fingerprint density at radius 1 is 1.30 bits per heavy atom. The molecule has 5 heteroatoms. The molecular weight excluding hydrogens is 171 g/mol. The van der Waals surface area contributed by atoms with E-state index in [0.29, 0.717) is 0 Å². The minimum absolute atomic E-state index is 0.0229. The Morgan fingerprint density at radius 2 is 1.70 bits per heavy atom. The van der Waals surface area contributed by atoms with Gasteiger partial charge in [0, 0.05) is 14.2 Å². The predicted molar refractivity (Wildman–Crippen MR) is 47.1 cm³/mol. The standard InChI is InChI=1S/C5H13O3PS/c1-7-9(6,8-2)5-10(3)4/h5H,1-4H3. The lowest BCUT2D eigenvalue weighted by atomic mass is 11.8. The van der Waals surface area contributed by atoms with Crippen LogP contribution in [0.25, 0.3) is 0 Å². The molecule has 0 aliphatic carbocycles. The van der Waals surface area contributed by atoms with Crippen molar-refractivity contribution in [2.45, 2.75) is 0 Å². The summed E-state index contributed by atoms with van der Waals surface area (Å²) >= 11 is 0. The summed E-state index contributed by atoms with van der Waals surface area (Å²) in [6.45, 7) is 0. The van der Waals surface area contributed by atoms with Crippen LogP contribution < -0.4 is 0 Å². The molecule has 0 saturated carbocycles. The van der Waals surface area contributed by atoms with Crippen LogP contribution in [0.5, 0.6) is 0 Å². The average molecular weight is 184 g/mol. The average Bonchev–Trinajstić information content (AvgIpc) is 1.87. The Hall–Kier alpha value is 0.370. The van der Waals surface area contributed by atoms with Crippen molar-refractivity contribution in [3.63, 3.8) is 0 Å². The molecule has 3 nitrogen and oxygen atoms in total. The second kappa shape index (κ2) is 4.29. The first-order valence-electron chi connectivity index (χ1n) is 2.67. The van der Waals surface area contributed by atoms with Crippen LogP contribution >= 0.6 is 18.1 Å². The van der Waals surface area contributed by atoms with E-state index in [2.05, 4.69) is 9.05 Å². The van der Waals surface area contributed by atoms with Gasteiger partial charge in [0.1, 0.15) is 0 Å². The van der Waals surface area contributed by atoms with E-state index >= 15 is 0 Å². The van der Waals surface area contributed by atoms with Crippen molar-refractivity contribution in [3.05, 3.63) is 0 Å². The lowest BCUT2D eigenvalue weighted by Crippen LogP contribution is -1.88. The largest absolute Gasteiger partial charge is 0.359 e. The van der Waals surface area contributed by atoms with E-state index in [0.717, 1.165) is 0 Å². The number of rotatable bonds is 3. The summed E-state index contributed by atoms with van der Waals surface area (Å²) in [6, 6.07) is 0. The quantitative estimate of drug-likeness (QED) is 0.495. The van der Waals surface area contributed by atoms with Crippen LogP contribution in [-0.2, 0) is 13.6 Å². The minimum Gasteiger partial charge on any atom is -0.309 e. The van der Waals surface area contributed by atoms with Crippen molar-refractivity contribution in [2.75, 3.05) is 26.7 Å². The molecule has 10 heavy (non-hydrogen) atoms. The van der Waals surface area contributed by atoms with E-state index in [1.807, 2.05) is 12.5 Å². The molecular formula is C5H13O3PS. The lowest BCUT2D eigenvalue weighted by molar-refractivity contribution is 0.292. The molecule has 62 valence electrons. The van der Waals surface area contributed by atoms with Gasteiger partial charge >= 0.3 is 7.60 Å². The second-order valence-electron chi connectivity index (χ2n) is 1.89. The van der Waals surface area contributed by atoms with Gasteiger partial charge in [0.05, 0.1) is 5.11 Å². The van der Waals surface area contributed by atoms with Crippen LogP contribution in [0.1, 0.15) is 0 Å². The Bertz CT molecular complexity index is 166. The topological polar surface area (TPSA) is 35.5 Å². The first-order valence-corrected chi connectivity index (χ1v) is 6.39. The third-order valence-corrected chi connectivity index (χ3v) is 4.59. The highest BCUT2D eigenvalue weighted by atomic mass is 32.2. The Kier molecular flexibility index (Phi) is 4.45. The van der Waals surface area contributed by atoms with Crippen molar-refractivity contribution >= 4 is 23.2 Å². The SMILES string of the molecule is COP(=O)(C=S(C)C)OC. The van der Waals surface area contributed by atoms with Crippen LogP contribution in [-0.4, -0.2) is 31.8 Å². The highest BCUT2D eigenvalue weighted by Gasteiger charge is 2.15. The van der Waals surface area contributed by atoms with Gasteiger partial charge in [-0.25, -0.2) is 0 Å². The fourth-order valence-corrected chi connectivity index (χ4v) is 3.32. The molecule has 0 radical (unpaired) electrons. The van der Waals surface area contributed by atoms with Gasteiger partial charge in [-0.3, -0.25) is 4.57 Å². The van der Waals surface area contributed by atoms with Gasteiger partial charge in [0.2, 0.25) is 0 Å². The molecule has 0 aromatic rings. The van der Waals surface area contributed by atoms with E-state index in [1.165, 1.54) is 14.2 Å². The second-order valence-corrected chi connectivity index (χ2v) is 6.30. The first-order chi connectivity index (χ1) is 4.54. The summed E-state index contributed by atoms with van der Waals surface area (Å²) in [5.41, 5.74) is 0. The van der Waals surface area contributed by atoms with Crippen molar-refractivity contribution < 1.29 is 13.6 Å². The zero-order valence-electron chi connectivity index (χ0n) is 6.66. The van der Waals surface area contributed by atoms with Gasteiger partial charge in [0.25, 0.3) is 0 Å². The first kappa shape index (κ1) is 10.4. The molecule has 0 N–H and O–H groups in total. The molecule has 0 rings (SSSR count). The molecule has 0 amide bonds. The molecule has 0 aromatic heterocycles. The predicted octanol–water partition coefficient (Wildman–Crippen LogP) is 1.76. The fourth-order valence-electron chi connectivity index (χ4n) is 0.419. The molecule has 0 aliphatic heterocycles. The maximum atomic E-state index is 11.3.